The van der Waals surface area contributed by atoms with E-state index in [0.29, 0.717) is 69.5 Å². The Morgan fingerprint density at radius 1 is 0.745 bits per heavy atom. The smallest absolute Gasteiger partial charge is 0.255 e. The molecule has 2 fully saturated rings. The molecule has 248 valence electrons. The first-order chi connectivity index (χ1) is 22.9. The second kappa shape index (κ2) is 16.7. The maximum atomic E-state index is 13.2. The number of benzene rings is 2. The molecule has 2 atom stereocenters. The van der Waals surface area contributed by atoms with Gasteiger partial charge in [0.15, 0.2) is 23.0 Å². The second-order valence-electron chi connectivity index (χ2n) is 10.9. The van der Waals surface area contributed by atoms with Gasteiger partial charge in [0.05, 0.1) is 62.0 Å². The number of nitrogens with zero attached hydrogens (tertiary/aromatic N) is 8. The minimum atomic E-state index is -0.526. The quantitative estimate of drug-likeness (QED) is 0.0709. The van der Waals surface area contributed by atoms with Crippen molar-refractivity contribution >= 4 is 35.8 Å². The van der Waals surface area contributed by atoms with Gasteiger partial charge in [-0.15, -0.1) is 0 Å². The lowest BCUT2D eigenvalue weighted by atomic mass is 10.1. The first-order valence-corrected chi connectivity index (χ1v) is 15.2. The third kappa shape index (κ3) is 8.04. The summed E-state index contributed by atoms with van der Waals surface area (Å²) in [6, 6.07) is 4.76. The third-order valence-electron chi connectivity index (χ3n) is 8.07. The Bertz CT molecular complexity index is 1470. The molecule has 0 aliphatic carbocycles. The predicted molar refractivity (Wildman–Crippen MR) is 169 cm³/mol. The Kier molecular flexibility index (Phi) is 12.3. The number of azide groups is 2. The normalized spacial score (nSPS) is 16.9. The van der Waals surface area contributed by atoms with Crippen LogP contribution >= 0.6 is 0 Å². The minimum Gasteiger partial charge on any atom is -0.493 e. The lowest BCUT2D eigenvalue weighted by Gasteiger charge is -2.22. The van der Waals surface area contributed by atoms with E-state index in [1.54, 1.807) is 0 Å². The molecule has 16 nitrogen and oxygen atoms in total. The SMILES string of the molecule is COc1cc(C(=O)N2CCC[C@H]2C=O)c(N=[N+]=[N-])cc1OCCCCCOc1cc(N=[N+]=[N-])c(C(=O)N2CCC[C@H]2C=O)cc1OC. The highest BCUT2D eigenvalue weighted by molar-refractivity contribution is 6.02. The fourth-order valence-electron chi connectivity index (χ4n) is 5.67. The van der Waals surface area contributed by atoms with Gasteiger partial charge in [-0.1, -0.05) is 10.2 Å². The molecule has 2 aromatic carbocycles. The molecule has 0 N–H and O–H groups in total. The van der Waals surface area contributed by atoms with Crippen molar-refractivity contribution in [2.24, 2.45) is 10.2 Å². The molecule has 0 bridgehead atoms. The van der Waals surface area contributed by atoms with Gasteiger partial charge in [-0.05, 0) is 80.3 Å². The van der Waals surface area contributed by atoms with E-state index in [0.717, 1.165) is 12.6 Å². The number of hydrogen-bond donors (Lipinski definition) is 0. The molecule has 0 radical (unpaired) electrons. The van der Waals surface area contributed by atoms with E-state index in [1.807, 2.05) is 0 Å². The second-order valence-corrected chi connectivity index (χ2v) is 10.9. The molecule has 2 heterocycles. The summed E-state index contributed by atoms with van der Waals surface area (Å²) in [7, 11) is 2.87. The molecular formula is C31H36N8O8. The number of unbranched alkanes of at least 4 members (excludes halogenated alkanes) is 2. The average molecular weight is 649 g/mol. The fourth-order valence-corrected chi connectivity index (χ4v) is 5.67. The van der Waals surface area contributed by atoms with Crippen molar-refractivity contribution in [1.82, 2.24) is 9.80 Å². The van der Waals surface area contributed by atoms with Crippen LogP contribution in [0.5, 0.6) is 23.0 Å². The first-order valence-electron chi connectivity index (χ1n) is 15.2. The van der Waals surface area contributed by atoms with Crippen molar-refractivity contribution < 1.29 is 38.1 Å². The fraction of sp³-hybridized carbons (Fsp3) is 0.484. The lowest BCUT2D eigenvalue weighted by molar-refractivity contribution is -0.111. The summed E-state index contributed by atoms with van der Waals surface area (Å²) in [6.07, 6.45) is 6.01. The molecule has 4 rings (SSSR count). The number of ether oxygens (including phenoxy) is 4. The molecular weight excluding hydrogens is 612 g/mol. The van der Waals surface area contributed by atoms with E-state index in [4.69, 9.17) is 30.0 Å². The molecule has 0 saturated carbocycles. The van der Waals surface area contributed by atoms with E-state index in [-0.39, 0.29) is 47.2 Å². The number of likely N-dealkylation sites (tertiary alicyclic amines) is 2. The lowest BCUT2D eigenvalue weighted by Crippen LogP contribution is -2.36. The highest BCUT2D eigenvalue weighted by atomic mass is 16.5. The zero-order valence-corrected chi connectivity index (χ0v) is 26.2. The molecule has 2 saturated heterocycles. The topological polar surface area (TPSA) is 209 Å². The van der Waals surface area contributed by atoms with Gasteiger partial charge in [-0.3, -0.25) is 9.59 Å². The van der Waals surface area contributed by atoms with Crippen LogP contribution in [0.15, 0.2) is 34.5 Å². The molecule has 0 aromatic heterocycles. The van der Waals surface area contributed by atoms with Crippen molar-refractivity contribution in [2.45, 2.75) is 57.0 Å². The number of methoxy groups -OCH3 is 2. The number of aldehydes is 2. The van der Waals surface area contributed by atoms with Gasteiger partial charge < -0.3 is 38.3 Å². The standard InChI is InChI=1S/C31H36N8O8/c1-44-26-14-22(30(42)38-10-6-8-20(38)18-40)24(34-36-32)16-28(26)46-12-4-3-5-13-47-29-17-25(35-37-33)23(15-27(29)45-2)31(43)39-11-7-9-21(39)19-41/h14-21H,3-13H2,1-2H3/t20-,21-/m0/s1. The molecule has 2 aliphatic rings. The summed E-state index contributed by atoms with van der Waals surface area (Å²) >= 11 is 0. The van der Waals surface area contributed by atoms with Crippen molar-refractivity contribution in [3.8, 4) is 23.0 Å². The van der Waals surface area contributed by atoms with Crippen LogP contribution in [0.3, 0.4) is 0 Å². The summed E-state index contributed by atoms with van der Waals surface area (Å²) in [5.74, 6) is 0.325. The Balaban J connectivity index is 1.34. The third-order valence-corrected chi connectivity index (χ3v) is 8.07. The van der Waals surface area contributed by atoms with Crippen LogP contribution in [0, 0.1) is 0 Å². The van der Waals surface area contributed by atoms with Gasteiger partial charge in [-0.25, -0.2) is 0 Å². The van der Waals surface area contributed by atoms with Crippen molar-refractivity contribution in [3.63, 3.8) is 0 Å². The Hall–Kier alpha value is -5.46. The highest BCUT2D eigenvalue weighted by Gasteiger charge is 2.32. The van der Waals surface area contributed by atoms with E-state index < -0.39 is 23.9 Å². The van der Waals surface area contributed by atoms with Crippen LogP contribution in [0.2, 0.25) is 0 Å². The van der Waals surface area contributed by atoms with Gasteiger partial charge in [0.25, 0.3) is 11.8 Å². The van der Waals surface area contributed by atoms with Gasteiger partial charge >= 0.3 is 0 Å². The minimum absolute atomic E-state index is 0.0732. The molecule has 2 aliphatic heterocycles. The maximum Gasteiger partial charge on any atom is 0.255 e. The summed E-state index contributed by atoms with van der Waals surface area (Å²) in [4.78, 5) is 57.8. The van der Waals surface area contributed by atoms with E-state index in [9.17, 15) is 19.2 Å². The average Bonchev–Trinajstić information content (AvgIpc) is 3.77. The van der Waals surface area contributed by atoms with Crippen LogP contribution in [-0.2, 0) is 9.59 Å². The zero-order valence-electron chi connectivity index (χ0n) is 26.2. The van der Waals surface area contributed by atoms with Crippen LogP contribution in [0.1, 0.15) is 65.7 Å². The highest BCUT2D eigenvalue weighted by Crippen LogP contribution is 2.38. The van der Waals surface area contributed by atoms with Crippen LogP contribution in [0.25, 0.3) is 20.9 Å². The Labute approximate surface area is 270 Å². The van der Waals surface area contributed by atoms with Crippen LogP contribution in [0.4, 0.5) is 11.4 Å². The van der Waals surface area contributed by atoms with Crippen molar-refractivity contribution in [1.29, 1.82) is 0 Å². The predicted octanol–water partition coefficient (Wildman–Crippen LogP) is 5.82. The van der Waals surface area contributed by atoms with Gasteiger partial charge in [0, 0.05) is 22.9 Å². The maximum absolute atomic E-state index is 13.2. The number of hydrogen-bond acceptors (Lipinski definition) is 10. The number of carbonyl (C=O) groups is 4. The van der Waals surface area contributed by atoms with Crippen molar-refractivity contribution in [3.05, 3.63) is 56.3 Å². The van der Waals surface area contributed by atoms with Crippen molar-refractivity contribution in [2.75, 3.05) is 40.5 Å². The Morgan fingerprint density at radius 2 is 1.17 bits per heavy atom. The zero-order chi connectivity index (χ0) is 33.8. The molecule has 47 heavy (non-hydrogen) atoms. The first kappa shape index (κ1) is 34.4. The molecule has 2 amide bonds. The van der Waals surface area contributed by atoms with Crippen LogP contribution in [-0.4, -0.2) is 86.8 Å². The molecule has 2 aromatic rings. The molecule has 0 spiro atoms. The summed E-state index contributed by atoms with van der Waals surface area (Å²) in [5.41, 5.74) is 18.6. The van der Waals surface area contributed by atoms with Gasteiger partial charge in [-0.2, -0.15) is 0 Å². The Morgan fingerprint density at radius 3 is 1.53 bits per heavy atom. The van der Waals surface area contributed by atoms with E-state index in [1.165, 1.54) is 48.3 Å². The number of carbonyl (C=O) groups excluding carboxylic acids is 4. The summed E-state index contributed by atoms with van der Waals surface area (Å²) in [6.45, 7) is 1.43. The van der Waals surface area contributed by atoms with Crippen LogP contribution < -0.4 is 18.9 Å². The monoisotopic (exact) mass is 648 g/mol. The number of amides is 2. The van der Waals surface area contributed by atoms with Gasteiger partial charge in [0.2, 0.25) is 0 Å². The largest absolute Gasteiger partial charge is 0.493 e. The summed E-state index contributed by atoms with van der Waals surface area (Å²) < 4.78 is 22.7. The molecule has 16 heteroatoms. The summed E-state index contributed by atoms with van der Waals surface area (Å²) in [5, 5.41) is 7.36. The van der Waals surface area contributed by atoms with Gasteiger partial charge in [0.1, 0.15) is 12.6 Å². The van der Waals surface area contributed by atoms with E-state index >= 15 is 0 Å². The molecule has 0 unspecified atom stereocenters. The van der Waals surface area contributed by atoms with E-state index in [2.05, 4.69) is 20.1 Å². The number of rotatable bonds is 16.